The van der Waals surface area contributed by atoms with Gasteiger partial charge in [-0.15, -0.1) is 0 Å². The lowest BCUT2D eigenvalue weighted by atomic mass is 9.79. The van der Waals surface area contributed by atoms with Crippen LogP contribution >= 0.6 is 0 Å². The molecule has 2 N–H and O–H groups in total. The van der Waals surface area contributed by atoms with E-state index in [4.69, 9.17) is 10.5 Å². The second-order valence-corrected chi connectivity index (χ2v) is 6.17. The Morgan fingerprint density at radius 3 is 2.84 bits per heavy atom. The van der Waals surface area contributed by atoms with Crippen LogP contribution in [0.1, 0.15) is 33.6 Å². The number of primary amides is 1. The molecule has 0 aromatic rings. The molecule has 1 fully saturated rings. The summed E-state index contributed by atoms with van der Waals surface area (Å²) in [6, 6.07) is 0. The van der Waals surface area contributed by atoms with Gasteiger partial charge in [-0.2, -0.15) is 0 Å². The number of morpholine rings is 1. The number of carbonyl (C=O) groups excluding carboxylic acids is 1. The van der Waals surface area contributed by atoms with E-state index in [2.05, 4.69) is 24.8 Å². The van der Waals surface area contributed by atoms with E-state index in [1.807, 2.05) is 6.92 Å². The standard InChI is InChI=1S/C15H26N2O2/c1-10-5-4-6-11(2)13(10)8-17-7-12(3)19-14(9-17)15(16)18/h5,11-14H,4,6-9H2,1-3H3,(H2,16,18)/t11-,12+,13-,14+/m0/s1. The highest BCUT2D eigenvalue weighted by atomic mass is 16.5. The van der Waals surface area contributed by atoms with Gasteiger partial charge in [-0.1, -0.05) is 18.6 Å². The van der Waals surface area contributed by atoms with Crippen molar-refractivity contribution in [3.8, 4) is 0 Å². The molecule has 1 amide bonds. The third-order valence-corrected chi connectivity index (χ3v) is 4.47. The van der Waals surface area contributed by atoms with Gasteiger partial charge < -0.3 is 10.5 Å². The van der Waals surface area contributed by atoms with Gasteiger partial charge in [0.05, 0.1) is 6.10 Å². The fraction of sp³-hybridized carbons (Fsp3) is 0.800. The summed E-state index contributed by atoms with van der Waals surface area (Å²) in [6.45, 7) is 9.11. The molecule has 0 aromatic heterocycles. The third-order valence-electron chi connectivity index (χ3n) is 4.47. The van der Waals surface area contributed by atoms with Crippen molar-refractivity contribution >= 4 is 5.91 Å². The van der Waals surface area contributed by atoms with E-state index < -0.39 is 6.10 Å². The normalized spacial score (nSPS) is 36.9. The van der Waals surface area contributed by atoms with Crippen LogP contribution < -0.4 is 5.73 Å². The first-order chi connectivity index (χ1) is 8.97. The van der Waals surface area contributed by atoms with Crippen molar-refractivity contribution in [2.75, 3.05) is 19.6 Å². The van der Waals surface area contributed by atoms with Gasteiger partial charge in [-0.3, -0.25) is 9.69 Å². The van der Waals surface area contributed by atoms with Gasteiger partial charge in [0.2, 0.25) is 5.91 Å². The van der Waals surface area contributed by atoms with Gasteiger partial charge in [-0.25, -0.2) is 0 Å². The number of rotatable bonds is 3. The highest BCUT2D eigenvalue weighted by Gasteiger charge is 2.32. The lowest BCUT2D eigenvalue weighted by Crippen LogP contribution is -2.53. The molecular formula is C15H26N2O2. The number of amides is 1. The third kappa shape index (κ3) is 3.57. The zero-order valence-corrected chi connectivity index (χ0v) is 12.3. The molecule has 0 radical (unpaired) electrons. The van der Waals surface area contributed by atoms with Gasteiger partial charge in [0.1, 0.15) is 6.10 Å². The van der Waals surface area contributed by atoms with Crippen molar-refractivity contribution in [2.45, 2.75) is 45.8 Å². The van der Waals surface area contributed by atoms with Crippen molar-refractivity contribution in [3.63, 3.8) is 0 Å². The Kier molecular flexibility index (Phi) is 4.63. The average Bonchev–Trinajstić information content (AvgIpc) is 2.33. The number of nitrogens with zero attached hydrogens (tertiary/aromatic N) is 1. The van der Waals surface area contributed by atoms with Crippen LogP contribution in [0.4, 0.5) is 0 Å². The maximum Gasteiger partial charge on any atom is 0.247 e. The van der Waals surface area contributed by atoms with Crippen molar-refractivity contribution in [3.05, 3.63) is 11.6 Å². The molecule has 0 aromatic carbocycles. The first-order valence-corrected chi connectivity index (χ1v) is 7.31. The van der Waals surface area contributed by atoms with E-state index in [-0.39, 0.29) is 12.0 Å². The Balaban J connectivity index is 1.99. The van der Waals surface area contributed by atoms with E-state index in [1.165, 1.54) is 18.4 Å². The van der Waals surface area contributed by atoms with Gasteiger partial charge >= 0.3 is 0 Å². The summed E-state index contributed by atoms with van der Waals surface area (Å²) >= 11 is 0. The molecule has 4 atom stereocenters. The Morgan fingerprint density at radius 1 is 1.47 bits per heavy atom. The molecular weight excluding hydrogens is 240 g/mol. The molecule has 1 heterocycles. The summed E-state index contributed by atoms with van der Waals surface area (Å²) in [5, 5.41) is 0. The number of carbonyl (C=O) groups is 1. The fourth-order valence-corrected chi connectivity index (χ4v) is 3.32. The molecule has 108 valence electrons. The molecule has 1 saturated heterocycles. The fourth-order valence-electron chi connectivity index (χ4n) is 3.32. The van der Waals surface area contributed by atoms with Gasteiger partial charge in [-0.05, 0) is 38.5 Å². The first-order valence-electron chi connectivity index (χ1n) is 7.31. The van der Waals surface area contributed by atoms with Gasteiger partial charge in [0.15, 0.2) is 0 Å². The predicted molar refractivity (Wildman–Crippen MR) is 75.6 cm³/mol. The van der Waals surface area contributed by atoms with E-state index in [1.54, 1.807) is 0 Å². The van der Waals surface area contributed by atoms with E-state index >= 15 is 0 Å². The molecule has 19 heavy (non-hydrogen) atoms. The molecule has 4 nitrogen and oxygen atoms in total. The zero-order chi connectivity index (χ0) is 14.0. The number of nitrogens with two attached hydrogens (primary N) is 1. The van der Waals surface area contributed by atoms with Crippen LogP contribution in [0, 0.1) is 11.8 Å². The van der Waals surface area contributed by atoms with Crippen molar-refractivity contribution in [1.82, 2.24) is 4.90 Å². The Morgan fingerprint density at radius 2 is 2.21 bits per heavy atom. The molecule has 2 aliphatic rings. The smallest absolute Gasteiger partial charge is 0.247 e. The van der Waals surface area contributed by atoms with E-state index in [9.17, 15) is 4.79 Å². The van der Waals surface area contributed by atoms with E-state index in [0.29, 0.717) is 12.5 Å². The Hall–Kier alpha value is -0.870. The Labute approximate surface area is 116 Å². The highest BCUT2D eigenvalue weighted by Crippen LogP contribution is 2.31. The number of hydrogen-bond acceptors (Lipinski definition) is 3. The second-order valence-electron chi connectivity index (χ2n) is 6.17. The summed E-state index contributed by atoms with van der Waals surface area (Å²) in [5.74, 6) is 0.975. The van der Waals surface area contributed by atoms with Crippen LogP contribution in [0.3, 0.4) is 0 Å². The van der Waals surface area contributed by atoms with Gasteiger partial charge in [0.25, 0.3) is 0 Å². The van der Waals surface area contributed by atoms with E-state index in [0.717, 1.165) is 19.0 Å². The summed E-state index contributed by atoms with van der Waals surface area (Å²) in [4.78, 5) is 13.7. The maximum absolute atomic E-state index is 11.3. The summed E-state index contributed by atoms with van der Waals surface area (Å²) in [6.07, 6.45) is 4.45. The second kappa shape index (κ2) is 6.06. The molecule has 4 heteroatoms. The molecule has 2 rings (SSSR count). The Bertz CT molecular complexity index is 367. The summed E-state index contributed by atoms with van der Waals surface area (Å²) in [7, 11) is 0. The monoisotopic (exact) mass is 266 g/mol. The minimum absolute atomic E-state index is 0.0782. The van der Waals surface area contributed by atoms with Gasteiger partial charge in [0, 0.05) is 19.6 Å². The highest BCUT2D eigenvalue weighted by molar-refractivity contribution is 5.79. The topological polar surface area (TPSA) is 55.6 Å². The SMILES string of the molecule is CC1=CCC[C@H](C)[C@H]1CN1C[C@@H](C)O[C@@H](C(N)=O)C1. The first kappa shape index (κ1) is 14.5. The molecule has 1 aliphatic heterocycles. The zero-order valence-electron chi connectivity index (χ0n) is 12.3. The molecule has 1 aliphatic carbocycles. The molecule has 0 bridgehead atoms. The van der Waals surface area contributed by atoms with Crippen LogP contribution in [0.2, 0.25) is 0 Å². The minimum Gasteiger partial charge on any atom is -0.367 e. The number of hydrogen-bond donors (Lipinski definition) is 1. The predicted octanol–water partition coefficient (Wildman–Crippen LogP) is 1.55. The lowest BCUT2D eigenvalue weighted by molar-refractivity contribution is -0.142. The van der Waals surface area contributed by atoms with Crippen LogP contribution in [-0.2, 0) is 9.53 Å². The van der Waals surface area contributed by atoms with Crippen molar-refractivity contribution in [2.24, 2.45) is 17.6 Å². The minimum atomic E-state index is -0.452. The van der Waals surface area contributed by atoms with Crippen LogP contribution in [0.25, 0.3) is 0 Å². The van der Waals surface area contributed by atoms with Crippen molar-refractivity contribution in [1.29, 1.82) is 0 Å². The maximum atomic E-state index is 11.3. The van der Waals surface area contributed by atoms with Crippen LogP contribution in [0.15, 0.2) is 11.6 Å². The molecule has 0 saturated carbocycles. The molecule has 0 unspecified atom stereocenters. The average molecular weight is 266 g/mol. The summed E-state index contributed by atoms with van der Waals surface area (Å²) in [5.41, 5.74) is 6.87. The van der Waals surface area contributed by atoms with Crippen molar-refractivity contribution < 1.29 is 9.53 Å². The largest absolute Gasteiger partial charge is 0.367 e. The van der Waals surface area contributed by atoms with Crippen LogP contribution in [-0.4, -0.2) is 42.6 Å². The summed E-state index contributed by atoms with van der Waals surface area (Å²) < 4.78 is 5.59. The quantitative estimate of drug-likeness (QED) is 0.789. The molecule has 0 spiro atoms. The number of allylic oxidation sites excluding steroid dienone is 1. The number of ether oxygens (including phenoxy) is 1. The van der Waals surface area contributed by atoms with Crippen LogP contribution in [0.5, 0.6) is 0 Å². The lowest BCUT2D eigenvalue weighted by Gasteiger charge is -2.39.